The minimum Gasteiger partial charge on any atom is -0.399 e. The Kier molecular flexibility index (Phi) is 2.64. The number of hydrogen-bond acceptors (Lipinski definition) is 2. The van der Waals surface area contributed by atoms with Gasteiger partial charge in [-0.2, -0.15) is 5.10 Å². The average molecular weight is 222 g/mol. The Labute approximate surface area is 93.5 Å². The smallest absolute Gasteiger partial charge is 0.0815 e. The van der Waals surface area contributed by atoms with E-state index >= 15 is 0 Å². The molecular weight excluding hydrogens is 210 g/mol. The fourth-order valence-corrected chi connectivity index (χ4v) is 1.59. The summed E-state index contributed by atoms with van der Waals surface area (Å²) in [4.78, 5) is 0. The quantitative estimate of drug-likeness (QED) is 0.792. The van der Waals surface area contributed by atoms with E-state index in [4.69, 9.17) is 17.3 Å². The molecule has 0 atom stereocenters. The van der Waals surface area contributed by atoms with Crippen molar-refractivity contribution in [3.05, 3.63) is 46.7 Å². The van der Waals surface area contributed by atoms with Gasteiger partial charge < -0.3 is 5.73 Å². The Hall–Kier alpha value is -1.48. The molecule has 0 saturated carbocycles. The summed E-state index contributed by atoms with van der Waals surface area (Å²) in [6.07, 6.45) is 1.66. The monoisotopic (exact) mass is 221 g/mol. The summed E-state index contributed by atoms with van der Waals surface area (Å²) in [6.45, 7) is 2.64. The maximum absolute atomic E-state index is 5.92. The highest BCUT2D eigenvalue weighted by atomic mass is 35.5. The summed E-state index contributed by atoms with van der Waals surface area (Å²) in [6, 6.07) is 7.76. The Morgan fingerprint density at radius 1 is 1.47 bits per heavy atom. The van der Waals surface area contributed by atoms with Crippen molar-refractivity contribution >= 4 is 17.3 Å². The molecule has 2 rings (SSSR count). The normalized spacial score (nSPS) is 10.5. The molecule has 0 saturated heterocycles. The van der Waals surface area contributed by atoms with Crippen LogP contribution in [0.5, 0.6) is 0 Å². The van der Waals surface area contributed by atoms with Crippen molar-refractivity contribution in [2.75, 3.05) is 5.73 Å². The molecule has 0 aliphatic rings. The number of aromatic nitrogens is 2. The van der Waals surface area contributed by atoms with Gasteiger partial charge in [0.2, 0.25) is 0 Å². The van der Waals surface area contributed by atoms with Crippen molar-refractivity contribution < 1.29 is 0 Å². The third-order valence-electron chi connectivity index (χ3n) is 2.33. The first-order chi connectivity index (χ1) is 7.16. The Balaban J connectivity index is 2.26. The maximum atomic E-state index is 5.92. The fraction of sp³-hybridized carbons (Fsp3) is 0.182. The van der Waals surface area contributed by atoms with E-state index in [1.165, 1.54) is 0 Å². The van der Waals surface area contributed by atoms with Crippen LogP contribution >= 0.6 is 11.6 Å². The van der Waals surface area contributed by atoms with Gasteiger partial charge in [-0.25, -0.2) is 0 Å². The van der Waals surface area contributed by atoms with Crippen molar-refractivity contribution in [1.82, 2.24) is 9.78 Å². The number of anilines is 1. The maximum Gasteiger partial charge on any atom is 0.0815 e. The van der Waals surface area contributed by atoms with Crippen LogP contribution in [0.2, 0.25) is 5.02 Å². The summed E-state index contributed by atoms with van der Waals surface area (Å²) < 4.78 is 1.86. The lowest BCUT2D eigenvalue weighted by molar-refractivity contribution is 0.665. The van der Waals surface area contributed by atoms with Gasteiger partial charge in [0.25, 0.3) is 0 Å². The molecule has 0 aliphatic carbocycles. The largest absolute Gasteiger partial charge is 0.399 e. The molecule has 0 spiro atoms. The van der Waals surface area contributed by atoms with E-state index in [-0.39, 0.29) is 0 Å². The third-order valence-corrected chi connectivity index (χ3v) is 2.70. The molecule has 2 aromatic rings. The molecule has 4 heteroatoms. The zero-order valence-corrected chi connectivity index (χ0v) is 9.20. The highest BCUT2D eigenvalue weighted by Crippen LogP contribution is 2.15. The van der Waals surface area contributed by atoms with Crippen LogP contribution in [0.4, 0.5) is 5.69 Å². The van der Waals surface area contributed by atoms with Crippen molar-refractivity contribution in [2.45, 2.75) is 13.5 Å². The summed E-state index contributed by atoms with van der Waals surface area (Å²) in [7, 11) is 0. The number of nitrogen functional groups attached to an aromatic ring is 1. The molecule has 15 heavy (non-hydrogen) atoms. The fourth-order valence-electron chi connectivity index (χ4n) is 1.45. The Bertz CT molecular complexity index is 476. The van der Waals surface area contributed by atoms with Gasteiger partial charge in [0.15, 0.2) is 0 Å². The Morgan fingerprint density at radius 2 is 2.27 bits per heavy atom. The lowest BCUT2D eigenvalue weighted by atomic mass is 10.2. The lowest BCUT2D eigenvalue weighted by Crippen LogP contribution is -2.03. The molecule has 1 aromatic carbocycles. The van der Waals surface area contributed by atoms with Crippen molar-refractivity contribution in [1.29, 1.82) is 0 Å². The molecule has 0 radical (unpaired) electrons. The van der Waals surface area contributed by atoms with Gasteiger partial charge >= 0.3 is 0 Å². The molecule has 1 aromatic heterocycles. The number of nitrogens with zero attached hydrogens (tertiary/aromatic N) is 2. The summed E-state index contributed by atoms with van der Waals surface area (Å²) in [5.41, 5.74) is 8.56. The molecule has 1 heterocycles. The van der Waals surface area contributed by atoms with Gasteiger partial charge in [0.1, 0.15) is 0 Å². The second-order valence-electron chi connectivity index (χ2n) is 3.48. The second-order valence-corrected chi connectivity index (χ2v) is 3.89. The van der Waals surface area contributed by atoms with Crippen LogP contribution in [0.25, 0.3) is 0 Å². The average Bonchev–Trinajstić information content (AvgIpc) is 2.50. The van der Waals surface area contributed by atoms with Crippen LogP contribution in [-0.4, -0.2) is 9.78 Å². The van der Waals surface area contributed by atoms with Gasteiger partial charge in [-0.05, 0) is 24.6 Å². The van der Waals surface area contributed by atoms with Crippen LogP contribution in [0.15, 0.2) is 30.5 Å². The molecular formula is C11H12ClN3. The van der Waals surface area contributed by atoms with E-state index in [2.05, 4.69) is 5.10 Å². The topological polar surface area (TPSA) is 43.8 Å². The zero-order chi connectivity index (χ0) is 10.8. The van der Waals surface area contributed by atoms with Crippen molar-refractivity contribution in [3.8, 4) is 0 Å². The van der Waals surface area contributed by atoms with Crippen LogP contribution in [0.1, 0.15) is 11.3 Å². The molecule has 0 unspecified atom stereocenters. The van der Waals surface area contributed by atoms with Crippen LogP contribution in [0, 0.1) is 6.92 Å². The molecule has 2 N–H and O–H groups in total. The predicted molar refractivity (Wildman–Crippen MR) is 61.9 cm³/mol. The highest BCUT2D eigenvalue weighted by Gasteiger charge is 2.04. The van der Waals surface area contributed by atoms with Crippen molar-refractivity contribution in [2.24, 2.45) is 0 Å². The number of nitrogens with two attached hydrogens (primary N) is 1. The minimum absolute atomic E-state index is 0.693. The highest BCUT2D eigenvalue weighted by molar-refractivity contribution is 6.31. The van der Waals surface area contributed by atoms with E-state index in [1.54, 1.807) is 6.20 Å². The first kappa shape index (κ1) is 10.1. The summed E-state index contributed by atoms with van der Waals surface area (Å²) >= 11 is 5.92. The third kappa shape index (κ3) is 2.13. The number of halogens is 1. The zero-order valence-electron chi connectivity index (χ0n) is 8.44. The Morgan fingerprint density at radius 3 is 2.87 bits per heavy atom. The van der Waals surface area contributed by atoms with Gasteiger partial charge in [-0.1, -0.05) is 23.7 Å². The van der Waals surface area contributed by atoms with Crippen LogP contribution in [-0.2, 0) is 6.54 Å². The number of benzene rings is 1. The lowest BCUT2D eigenvalue weighted by Gasteiger charge is -2.05. The first-order valence-electron chi connectivity index (χ1n) is 4.69. The van der Waals surface area contributed by atoms with Gasteiger partial charge in [-0.3, -0.25) is 4.68 Å². The molecule has 3 nitrogen and oxygen atoms in total. The van der Waals surface area contributed by atoms with E-state index in [0.717, 1.165) is 16.9 Å². The second kappa shape index (κ2) is 3.95. The van der Waals surface area contributed by atoms with E-state index < -0.39 is 0 Å². The van der Waals surface area contributed by atoms with E-state index in [1.807, 2.05) is 35.9 Å². The minimum atomic E-state index is 0.693. The number of rotatable bonds is 2. The van der Waals surface area contributed by atoms with Gasteiger partial charge in [0.05, 0.1) is 23.5 Å². The predicted octanol–water partition coefficient (Wildman–Crippen LogP) is 2.48. The molecule has 0 fully saturated rings. The van der Waals surface area contributed by atoms with Crippen LogP contribution in [0.3, 0.4) is 0 Å². The van der Waals surface area contributed by atoms with Gasteiger partial charge in [-0.15, -0.1) is 0 Å². The SMILES string of the molecule is Cc1c(Cl)cnn1Cc1cccc(N)c1. The molecule has 78 valence electrons. The summed E-state index contributed by atoms with van der Waals surface area (Å²) in [5, 5.41) is 4.88. The van der Waals surface area contributed by atoms with Crippen molar-refractivity contribution in [3.63, 3.8) is 0 Å². The van der Waals surface area contributed by atoms with Crippen LogP contribution < -0.4 is 5.73 Å². The molecule has 0 amide bonds. The summed E-state index contributed by atoms with van der Waals surface area (Å²) in [5.74, 6) is 0. The van der Waals surface area contributed by atoms with E-state index in [0.29, 0.717) is 11.6 Å². The molecule has 0 aliphatic heterocycles. The van der Waals surface area contributed by atoms with Gasteiger partial charge in [0, 0.05) is 5.69 Å². The van der Waals surface area contributed by atoms with E-state index in [9.17, 15) is 0 Å². The first-order valence-corrected chi connectivity index (χ1v) is 5.07. The molecule has 0 bridgehead atoms. The standard InChI is InChI=1S/C11H12ClN3/c1-8-11(12)6-14-15(8)7-9-3-2-4-10(13)5-9/h2-6H,7,13H2,1H3. The number of hydrogen-bond donors (Lipinski definition) is 1.